The van der Waals surface area contributed by atoms with Gasteiger partial charge in [0.2, 0.25) is 5.91 Å². The lowest BCUT2D eigenvalue weighted by molar-refractivity contribution is -0.132. The number of hydrogen-bond acceptors (Lipinski definition) is 7. The number of aryl methyl sites for hydroxylation is 1. The van der Waals surface area contributed by atoms with Crippen LogP contribution in [0.3, 0.4) is 0 Å². The Bertz CT molecular complexity index is 1230. The topological polar surface area (TPSA) is 89.6 Å². The summed E-state index contributed by atoms with van der Waals surface area (Å²) in [5.74, 6) is 1.67. The van der Waals surface area contributed by atoms with Gasteiger partial charge in [0.15, 0.2) is 11.5 Å². The highest BCUT2D eigenvalue weighted by Gasteiger charge is 2.23. The van der Waals surface area contributed by atoms with Crippen molar-refractivity contribution in [1.82, 2.24) is 9.80 Å². The van der Waals surface area contributed by atoms with E-state index in [1.54, 1.807) is 56.8 Å². The van der Waals surface area contributed by atoms with Crippen LogP contribution in [0.5, 0.6) is 17.2 Å². The number of urea groups is 1. The Labute approximate surface area is 234 Å². The maximum Gasteiger partial charge on any atom is 0.322 e. The molecule has 0 fully saturated rings. The quantitative estimate of drug-likeness (QED) is 0.306. The van der Waals surface area contributed by atoms with E-state index in [0.717, 1.165) is 10.4 Å². The summed E-state index contributed by atoms with van der Waals surface area (Å²) < 4.78 is 21.3. The highest BCUT2D eigenvalue weighted by molar-refractivity contribution is 7.11. The van der Waals surface area contributed by atoms with E-state index in [9.17, 15) is 9.59 Å². The predicted octanol–water partition coefficient (Wildman–Crippen LogP) is 4.83. The molecule has 0 saturated heterocycles. The molecule has 1 N–H and O–H groups in total. The van der Waals surface area contributed by atoms with Crippen LogP contribution in [0, 0.1) is 6.92 Å². The first-order chi connectivity index (χ1) is 18.9. The molecule has 3 rings (SSSR count). The fourth-order valence-corrected chi connectivity index (χ4v) is 4.92. The number of para-hydroxylation sites is 2. The number of anilines is 1. The van der Waals surface area contributed by atoms with Crippen LogP contribution in [-0.4, -0.2) is 76.4 Å². The number of carbonyl (C=O) groups excluding carboxylic acids is 2. The fourth-order valence-electron chi connectivity index (χ4n) is 4.01. The largest absolute Gasteiger partial charge is 0.495 e. The molecular formula is C29H37N3O6S. The molecule has 39 heavy (non-hydrogen) atoms. The van der Waals surface area contributed by atoms with Crippen molar-refractivity contribution in [1.29, 1.82) is 0 Å². The zero-order valence-corrected chi connectivity index (χ0v) is 24.0. The van der Waals surface area contributed by atoms with Gasteiger partial charge >= 0.3 is 6.03 Å². The number of benzene rings is 2. The van der Waals surface area contributed by atoms with E-state index in [2.05, 4.69) is 5.32 Å². The first kappa shape index (κ1) is 29.8. The van der Waals surface area contributed by atoms with Gasteiger partial charge < -0.3 is 34.1 Å². The predicted molar refractivity (Wildman–Crippen MR) is 153 cm³/mol. The van der Waals surface area contributed by atoms with Gasteiger partial charge in [-0.25, -0.2) is 4.79 Å². The number of nitrogens with one attached hydrogen (secondary N) is 1. The monoisotopic (exact) mass is 555 g/mol. The smallest absolute Gasteiger partial charge is 0.322 e. The Morgan fingerprint density at radius 1 is 0.846 bits per heavy atom. The number of amides is 3. The van der Waals surface area contributed by atoms with Crippen LogP contribution >= 0.6 is 11.3 Å². The molecule has 1 heterocycles. The van der Waals surface area contributed by atoms with Crippen molar-refractivity contribution in [2.24, 2.45) is 0 Å². The maximum atomic E-state index is 13.7. The molecule has 0 spiro atoms. The summed E-state index contributed by atoms with van der Waals surface area (Å²) in [4.78, 5) is 32.4. The Kier molecular flexibility index (Phi) is 11.4. The zero-order chi connectivity index (χ0) is 28.2. The Balaban J connectivity index is 1.77. The van der Waals surface area contributed by atoms with Crippen LogP contribution in [0.1, 0.15) is 15.3 Å². The molecule has 9 nitrogen and oxygen atoms in total. The van der Waals surface area contributed by atoms with Crippen LogP contribution in [0.4, 0.5) is 10.5 Å². The summed E-state index contributed by atoms with van der Waals surface area (Å²) in [5, 5.41) is 2.86. The second kappa shape index (κ2) is 15.0. The van der Waals surface area contributed by atoms with Crippen LogP contribution < -0.4 is 19.5 Å². The van der Waals surface area contributed by atoms with Crippen LogP contribution in [-0.2, 0) is 22.5 Å². The lowest BCUT2D eigenvalue weighted by Gasteiger charge is -2.28. The minimum Gasteiger partial charge on any atom is -0.495 e. The van der Waals surface area contributed by atoms with Crippen molar-refractivity contribution >= 4 is 29.0 Å². The summed E-state index contributed by atoms with van der Waals surface area (Å²) in [6.45, 7) is 3.42. The van der Waals surface area contributed by atoms with Gasteiger partial charge in [-0.2, -0.15) is 0 Å². The van der Waals surface area contributed by atoms with E-state index >= 15 is 0 Å². The van der Waals surface area contributed by atoms with Gasteiger partial charge in [-0.15, -0.1) is 11.3 Å². The van der Waals surface area contributed by atoms with Crippen LogP contribution in [0.2, 0.25) is 0 Å². The summed E-state index contributed by atoms with van der Waals surface area (Å²) in [5.41, 5.74) is 1.54. The van der Waals surface area contributed by atoms with Crippen molar-refractivity contribution in [2.45, 2.75) is 19.9 Å². The molecule has 0 aliphatic rings. The van der Waals surface area contributed by atoms with Gasteiger partial charge in [-0.1, -0.05) is 18.2 Å². The average molecular weight is 556 g/mol. The van der Waals surface area contributed by atoms with Gasteiger partial charge in [0.25, 0.3) is 0 Å². The second-order valence-electron chi connectivity index (χ2n) is 8.81. The van der Waals surface area contributed by atoms with Gasteiger partial charge in [0.05, 0.1) is 40.2 Å². The highest BCUT2D eigenvalue weighted by atomic mass is 32.1. The minimum absolute atomic E-state index is 0.0966. The molecule has 0 radical (unpaired) electrons. The molecule has 0 atom stereocenters. The lowest BCUT2D eigenvalue weighted by Crippen LogP contribution is -2.46. The number of rotatable bonds is 14. The third-order valence-electron chi connectivity index (χ3n) is 6.14. The van der Waals surface area contributed by atoms with Crippen LogP contribution in [0.15, 0.2) is 54.6 Å². The van der Waals surface area contributed by atoms with E-state index in [-0.39, 0.29) is 19.0 Å². The lowest BCUT2D eigenvalue weighted by atomic mass is 10.1. The van der Waals surface area contributed by atoms with Crippen molar-refractivity contribution in [2.75, 3.05) is 60.0 Å². The Morgan fingerprint density at radius 2 is 1.59 bits per heavy atom. The number of carbonyl (C=O) groups is 2. The average Bonchev–Trinajstić information content (AvgIpc) is 3.37. The number of nitrogens with zero attached hydrogens (tertiary/aromatic N) is 2. The third-order valence-corrected chi connectivity index (χ3v) is 7.13. The molecule has 0 unspecified atom stereocenters. The minimum atomic E-state index is -0.406. The van der Waals surface area contributed by atoms with E-state index < -0.39 is 6.03 Å². The first-order valence-corrected chi connectivity index (χ1v) is 13.4. The second-order valence-corrected chi connectivity index (χ2v) is 10.2. The summed E-state index contributed by atoms with van der Waals surface area (Å²) in [7, 11) is 6.30. The SMILES string of the molecule is COCCN(CC(=O)N(CCc1ccc(OC)c(OC)c1)Cc1ccc(C)s1)C(=O)Nc1ccccc1OC. The number of thiophene rings is 1. The van der Waals surface area contributed by atoms with Crippen molar-refractivity contribution in [3.05, 3.63) is 69.9 Å². The van der Waals surface area contributed by atoms with E-state index in [1.165, 1.54) is 9.78 Å². The van der Waals surface area contributed by atoms with Gasteiger partial charge in [-0.05, 0) is 55.3 Å². The molecule has 3 aromatic rings. The Morgan fingerprint density at radius 3 is 2.26 bits per heavy atom. The van der Waals surface area contributed by atoms with Crippen molar-refractivity contribution < 1.29 is 28.5 Å². The molecule has 0 aliphatic heterocycles. The van der Waals surface area contributed by atoms with Gasteiger partial charge in [-0.3, -0.25) is 4.79 Å². The van der Waals surface area contributed by atoms with Gasteiger partial charge in [0.1, 0.15) is 12.3 Å². The van der Waals surface area contributed by atoms with E-state index in [0.29, 0.717) is 49.1 Å². The van der Waals surface area contributed by atoms with Crippen molar-refractivity contribution in [3.63, 3.8) is 0 Å². The van der Waals surface area contributed by atoms with E-state index in [1.807, 2.05) is 49.4 Å². The van der Waals surface area contributed by atoms with E-state index in [4.69, 9.17) is 18.9 Å². The first-order valence-electron chi connectivity index (χ1n) is 12.6. The molecule has 1 aromatic heterocycles. The fraction of sp³-hybridized carbons (Fsp3) is 0.379. The molecular weight excluding hydrogens is 518 g/mol. The Hall–Kier alpha value is -3.76. The molecule has 210 valence electrons. The molecule has 0 aliphatic carbocycles. The number of hydrogen-bond donors (Lipinski definition) is 1. The molecule has 0 bridgehead atoms. The highest BCUT2D eigenvalue weighted by Crippen LogP contribution is 2.28. The summed E-state index contributed by atoms with van der Waals surface area (Å²) in [6, 6.07) is 16.6. The third kappa shape index (κ3) is 8.62. The summed E-state index contributed by atoms with van der Waals surface area (Å²) in [6.07, 6.45) is 0.613. The molecule has 3 amide bonds. The molecule has 2 aromatic carbocycles. The van der Waals surface area contributed by atoms with Gasteiger partial charge in [0, 0.05) is 30.0 Å². The number of ether oxygens (including phenoxy) is 4. The molecule has 0 saturated carbocycles. The normalized spacial score (nSPS) is 10.6. The maximum absolute atomic E-state index is 13.7. The zero-order valence-electron chi connectivity index (χ0n) is 23.2. The summed E-state index contributed by atoms with van der Waals surface area (Å²) >= 11 is 1.65. The molecule has 10 heteroatoms. The number of methoxy groups -OCH3 is 4. The standard InChI is InChI=1S/C29H37N3O6S/c1-21-10-12-23(39-21)19-31(15-14-22-11-13-26(37-4)27(18-22)38-5)28(33)20-32(16-17-35-2)29(34)30-24-8-6-7-9-25(24)36-3/h6-13,18H,14-17,19-20H2,1-5H3,(H,30,34). The van der Waals surface area contributed by atoms with Crippen LogP contribution in [0.25, 0.3) is 0 Å². The van der Waals surface area contributed by atoms with Crippen molar-refractivity contribution in [3.8, 4) is 17.2 Å².